The molecule has 0 aliphatic heterocycles. The summed E-state index contributed by atoms with van der Waals surface area (Å²) in [6.07, 6.45) is 2.10. The van der Waals surface area contributed by atoms with Crippen LogP contribution in [-0.4, -0.2) is 13.1 Å². The first-order chi connectivity index (χ1) is 9.51. The van der Waals surface area contributed by atoms with Crippen molar-refractivity contribution in [1.82, 2.24) is 5.32 Å². The van der Waals surface area contributed by atoms with Crippen LogP contribution >= 0.6 is 11.6 Å². The van der Waals surface area contributed by atoms with Crippen LogP contribution in [0.25, 0.3) is 0 Å². The van der Waals surface area contributed by atoms with E-state index >= 15 is 0 Å². The average molecular weight is 300 g/mol. The zero-order chi connectivity index (χ0) is 15.1. The molecule has 0 bridgehead atoms. The Balaban J connectivity index is 2.94. The van der Waals surface area contributed by atoms with E-state index in [4.69, 9.17) is 11.6 Å². The lowest BCUT2D eigenvalue weighted by atomic mass is 9.82. The second kappa shape index (κ2) is 8.63. The fraction of sp³-hybridized carbons (Fsp3) is 0.647. The van der Waals surface area contributed by atoms with Gasteiger partial charge in [-0.15, -0.1) is 0 Å². The molecule has 0 spiro atoms. The average Bonchev–Trinajstić information content (AvgIpc) is 2.41. The van der Waals surface area contributed by atoms with Crippen LogP contribution in [0.4, 0.5) is 4.39 Å². The lowest BCUT2D eigenvalue weighted by Gasteiger charge is -2.27. The summed E-state index contributed by atoms with van der Waals surface area (Å²) in [7, 11) is 0. The minimum atomic E-state index is -0.252. The van der Waals surface area contributed by atoms with Gasteiger partial charge >= 0.3 is 0 Å². The van der Waals surface area contributed by atoms with Gasteiger partial charge in [-0.2, -0.15) is 0 Å². The normalized spacial score (nSPS) is 13.2. The van der Waals surface area contributed by atoms with E-state index in [-0.39, 0.29) is 16.8 Å². The number of halogens is 2. The Bertz CT molecular complexity index is 402. The van der Waals surface area contributed by atoms with Gasteiger partial charge in [0.25, 0.3) is 0 Å². The summed E-state index contributed by atoms with van der Waals surface area (Å²) in [6.45, 7) is 10.5. The Hall–Kier alpha value is -0.600. The third-order valence-electron chi connectivity index (χ3n) is 3.92. The van der Waals surface area contributed by atoms with Crippen LogP contribution in [0.1, 0.15) is 52.0 Å². The highest BCUT2D eigenvalue weighted by molar-refractivity contribution is 6.30. The Morgan fingerprint density at radius 1 is 1.15 bits per heavy atom. The maximum absolute atomic E-state index is 14.3. The molecule has 0 aromatic heterocycles. The minimum Gasteiger partial charge on any atom is -0.316 e. The molecule has 1 atom stereocenters. The number of hydrogen-bond donors (Lipinski definition) is 1. The van der Waals surface area contributed by atoms with E-state index in [1.165, 1.54) is 0 Å². The van der Waals surface area contributed by atoms with Crippen molar-refractivity contribution in [3.8, 4) is 0 Å². The fourth-order valence-electron chi connectivity index (χ4n) is 2.72. The standard InChI is InChI=1S/C17H27ClFN/c1-5-13(6-2)15(11-20-10-12(3)4)14-8-7-9-16(18)17(14)19/h7-9,12-13,15,20H,5-6,10-11H2,1-4H3. The van der Waals surface area contributed by atoms with Gasteiger partial charge < -0.3 is 5.32 Å². The number of nitrogens with one attached hydrogen (secondary N) is 1. The molecule has 0 saturated heterocycles. The highest BCUT2D eigenvalue weighted by Crippen LogP contribution is 2.33. The van der Waals surface area contributed by atoms with Gasteiger partial charge in [0, 0.05) is 12.5 Å². The molecule has 114 valence electrons. The lowest BCUT2D eigenvalue weighted by molar-refractivity contribution is 0.364. The molecule has 0 amide bonds. The highest BCUT2D eigenvalue weighted by Gasteiger charge is 2.24. The monoisotopic (exact) mass is 299 g/mol. The van der Waals surface area contributed by atoms with Gasteiger partial charge in [0.2, 0.25) is 0 Å². The molecule has 1 N–H and O–H groups in total. The molecule has 20 heavy (non-hydrogen) atoms. The van der Waals surface area contributed by atoms with Gasteiger partial charge in [0.05, 0.1) is 5.02 Å². The zero-order valence-corrected chi connectivity index (χ0v) is 13.8. The van der Waals surface area contributed by atoms with Crippen LogP contribution in [0.5, 0.6) is 0 Å². The van der Waals surface area contributed by atoms with Gasteiger partial charge in [0.15, 0.2) is 0 Å². The van der Waals surface area contributed by atoms with E-state index in [2.05, 4.69) is 33.0 Å². The van der Waals surface area contributed by atoms with Crippen molar-refractivity contribution in [3.63, 3.8) is 0 Å². The predicted octanol–water partition coefficient (Wildman–Crippen LogP) is 5.24. The summed E-state index contributed by atoms with van der Waals surface area (Å²) in [5.74, 6) is 1.00. The highest BCUT2D eigenvalue weighted by atomic mass is 35.5. The van der Waals surface area contributed by atoms with Crippen LogP contribution < -0.4 is 5.32 Å². The van der Waals surface area contributed by atoms with E-state index in [9.17, 15) is 4.39 Å². The summed E-state index contributed by atoms with van der Waals surface area (Å²) in [4.78, 5) is 0. The quantitative estimate of drug-likeness (QED) is 0.692. The fourth-order valence-corrected chi connectivity index (χ4v) is 2.90. The Kier molecular flexibility index (Phi) is 7.53. The molecule has 0 saturated carbocycles. The smallest absolute Gasteiger partial charge is 0.145 e. The SMILES string of the molecule is CCC(CC)C(CNCC(C)C)c1cccc(Cl)c1F. The van der Waals surface area contributed by atoms with Crippen LogP contribution in [0, 0.1) is 17.7 Å². The van der Waals surface area contributed by atoms with Gasteiger partial charge in [-0.05, 0) is 30.0 Å². The number of rotatable bonds is 8. The van der Waals surface area contributed by atoms with Crippen LogP contribution in [-0.2, 0) is 0 Å². The second-order valence-corrected chi connectivity index (χ2v) is 6.29. The summed E-state index contributed by atoms with van der Waals surface area (Å²) in [6, 6.07) is 5.34. The summed E-state index contributed by atoms with van der Waals surface area (Å²) < 4.78 is 14.3. The zero-order valence-electron chi connectivity index (χ0n) is 13.0. The molecule has 0 radical (unpaired) electrons. The maximum Gasteiger partial charge on any atom is 0.145 e. The molecule has 1 rings (SSSR count). The van der Waals surface area contributed by atoms with Gasteiger partial charge in [0.1, 0.15) is 5.82 Å². The minimum absolute atomic E-state index is 0.183. The van der Waals surface area contributed by atoms with Gasteiger partial charge in [-0.1, -0.05) is 64.3 Å². The van der Waals surface area contributed by atoms with Crippen LogP contribution in [0.15, 0.2) is 18.2 Å². The van der Waals surface area contributed by atoms with Gasteiger partial charge in [-0.3, -0.25) is 0 Å². The van der Waals surface area contributed by atoms with Crippen molar-refractivity contribution in [2.75, 3.05) is 13.1 Å². The Morgan fingerprint density at radius 3 is 2.35 bits per heavy atom. The predicted molar refractivity (Wildman–Crippen MR) is 85.9 cm³/mol. The third kappa shape index (κ3) is 4.75. The summed E-state index contributed by atoms with van der Waals surface area (Å²) >= 11 is 5.94. The molecule has 0 aliphatic carbocycles. The van der Waals surface area contributed by atoms with E-state index in [0.29, 0.717) is 11.8 Å². The van der Waals surface area contributed by atoms with Crippen LogP contribution in [0.2, 0.25) is 5.02 Å². The van der Waals surface area contributed by atoms with Gasteiger partial charge in [-0.25, -0.2) is 4.39 Å². The first-order valence-electron chi connectivity index (χ1n) is 7.65. The molecule has 0 heterocycles. The van der Waals surface area contributed by atoms with Crippen molar-refractivity contribution in [2.24, 2.45) is 11.8 Å². The van der Waals surface area contributed by atoms with Crippen molar-refractivity contribution >= 4 is 11.6 Å². The third-order valence-corrected chi connectivity index (χ3v) is 4.21. The van der Waals surface area contributed by atoms with Crippen molar-refractivity contribution < 1.29 is 4.39 Å². The van der Waals surface area contributed by atoms with E-state index < -0.39 is 0 Å². The first-order valence-corrected chi connectivity index (χ1v) is 8.03. The number of hydrogen-bond acceptors (Lipinski definition) is 1. The molecule has 1 unspecified atom stereocenters. The number of benzene rings is 1. The molecule has 1 nitrogen and oxygen atoms in total. The van der Waals surface area contributed by atoms with Crippen molar-refractivity contribution in [3.05, 3.63) is 34.6 Å². The van der Waals surface area contributed by atoms with Crippen molar-refractivity contribution in [1.29, 1.82) is 0 Å². The van der Waals surface area contributed by atoms with Crippen LogP contribution in [0.3, 0.4) is 0 Å². The molecule has 0 aliphatic rings. The molecular formula is C17H27ClFN. The molecule has 1 aromatic carbocycles. The Morgan fingerprint density at radius 2 is 1.80 bits per heavy atom. The second-order valence-electron chi connectivity index (χ2n) is 5.88. The largest absolute Gasteiger partial charge is 0.316 e. The summed E-state index contributed by atoms with van der Waals surface area (Å²) in [5, 5.41) is 3.69. The van der Waals surface area contributed by atoms with E-state index in [1.807, 2.05) is 12.1 Å². The Labute approximate surface area is 127 Å². The lowest BCUT2D eigenvalue weighted by Crippen LogP contribution is -2.29. The van der Waals surface area contributed by atoms with Crippen molar-refractivity contribution in [2.45, 2.75) is 46.5 Å². The first kappa shape index (κ1) is 17.5. The summed E-state index contributed by atoms with van der Waals surface area (Å²) in [5.41, 5.74) is 0.752. The molecule has 1 aromatic rings. The maximum atomic E-state index is 14.3. The molecular weight excluding hydrogens is 273 g/mol. The molecule has 0 fully saturated rings. The topological polar surface area (TPSA) is 12.0 Å². The van der Waals surface area contributed by atoms with E-state index in [0.717, 1.165) is 31.5 Å². The molecule has 3 heteroatoms. The van der Waals surface area contributed by atoms with E-state index in [1.54, 1.807) is 6.07 Å².